The first-order chi connectivity index (χ1) is 16.0. The molecule has 0 spiro atoms. The number of sulfonamides is 1. The number of pyridine rings is 1. The number of nitrogens with one attached hydrogen (secondary N) is 1. The van der Waals surface area contributed by atoms with Gasteiger partial charge in [-0.25, -0.2) is 18.4 Å². The molecule has 4 aromatic rings. The van der Waals surface area contributed by atoms with Crippen LogP contribution in [0.3, 0.4) is 0 Å². The number of ether oxygens (including phenoxy) is 1. The molecule has 0 radical (unpaired) electrons. The van der Waals surface area contributed by atoms with Crippen molar-refractivity contribution in [3.8, 4) is 11.6 Å². The molecule has 1 aliphatic rings. The third-order valence-electron chi connectivity index (χ3n) is 5.26. The van der Waals surface area contributed by atoms with Crippen LogP contribution in [0.5, 0.6) is 11.6 Å². The predicted molar refractivity (Wildman–Crippen MR) is 126 cm³/mol. The van der Waals surface area contributed by atoms with Crippen molar-refractivity contribution in [2.45, 2.75) is 17.7 Å². The van der Waals surface area contributed by atoms with Crippen LogP contribution >= 0.6 is 11.3 Å². The van der Waals surface area contributed by atoms with Gasteiger partial charge >= 0.3 is 0 Å². The second kappa shape index (κ2) is 8.89. The minimum atomic E-state index is -3.52. The maximum atomic E-state index is 12.9. The molecule has 33 heavy (non-hydrogen) atoms. The molecule has 0 bridgehead atoms. The number of hydrogen-bond donors (Lipinski definition) is 1. The molecule has 1 aliphatic heterocycles. The zero-order chi connectivity index (χ0) is 22.8. The molecule has 10 heteroatoms. The summed E-state index contributed by atoms with van der Waals surface area (Å²) in [6.07, 6.45) is 3.31. The average molecular weight is 481 g/mol. The first-order valence-electron chi connectivity index (χ1n) is 10.4. The molecular formula is C23H20N4O4S2. The Morgan fingerprint density at radius 2 is 1.82 bits per heavy atom. The summed E-state index contributed by atoms with van der Waals surface area (Å²) in [6, 6.07) is 17.2. The first kappa shape index (κ1) is 21.5. The highest BCUT2D eigenvalue weighted by Crippen LogP contribution is 2.31. The number of aromatic nitrogens is 2. The zero-order valence-corrected chi connectivity index (χ0v) is 19.1. The normalized spacial score (nSPS) is 14.4. The largest absolute Gasteiger partial charge is 0.438 e. The topological polar surface area (TPSA) is 101 Å². The Morgan fingerprint density at radius 1 is 1.03 bits per heavy atom. The zero-order valence-electron chi connectivity index (χ0n) is 17.5. The smallest absolute Gasteiger partial charge is 0.262 e. The van der Waals surface area contributed by atoms with Crippen LogP contribution in [0.2, 0.25) is 0 Å². The summed E-state index contributed by atoms with van der Waals surface area (Å²) < 4.78 is 33.7. The van der Waals surface area contributed by atoms with Gasteiger partial charge in [0.15, 0.2) is 5.13 Å². The fourth-order valence-electron chi connectivity index (χ4n) is 3.61. The Kier molecular flexibility index (Phi) is 5.79. The molecular weight excluding hydrogens is 460 g/mol. The van der Waals surface area contributed by atoms with Gasteiger partial charge in [-0.2, -0.15) is 4.31 Å². The van der Waals surface area contributed by atoms with Gasteiger partial charge in [0.2, 0.25) is 15.9 Å². The third kappa shape index (κ3) is 4.45. The average Bonchev–Trinajstić information content (AvgIpc) is 3.50. The molecule has 0 saturated carbocycles. The second-order valence-electron chi connectivity index (χ2n) is 7.49. The Labute approximate surface area is 194 Å². The Balaban J connectivity index is 1.38. The summed E-state index contributed by atoms with van der Waals surface area (Å²) in [5, 5.41) is 3.14. The Bertz CT molecular complexity index is 1410. The van der Waals surface area contributed by atoms with Crippen molar-refractivity contribution >= 4 is 42.6 Å². The van der Waals surface area contributed by atoms with Crippen LogP contribution < -0.4 is 10.1 Å². The van der Waals surface area contributed by atoms with E-state index in [1.165, 1.54) is 15.6 Å². The van der Waals surface area contributed by atoms with Crippen molar-refractivity contribution in [1.29, 1.82) is 0 Å². The fourth-order valence-corrected chi connectivity index (χ4v) is 6.12. The highest BCUT2D eigenvalue weighted by molar-refractivity contribution is 7.89. The van der Waals surface area contributed by atoms with Gasteiger partial charge < -0.3 is 4.74 Å². The van der Waals surface area contributed by atoms with Crippen LogP contribution in [0.4, 0.5) is 5.13 Å². The predicted octanol–water partition coefficient (Wildman–Crippen LogP) is 4.52. The van der Waals surface area contributed by atoms with Crippen molar-refractivity contribution < 1.29 is 17.9 Å². The van der Waals surface area contributed by atoms with E-state index >= 15 is 0 Å². The van der Waals surface area contributed by atoms with Gasteiger partial charge in [-0.3, -0.25) is 10.1 Å². The summed E-state index contributed by atoms with van der Waals surface area (Å²) >= 11 is 1.22. The maximum absolute atomic E-state index is 12.9. The number of hydrogen-bond acceptors (Lipinski definition) is 7. The summed E-state index contributed by atoms with van der Waals surface area (Å²) in [6.45, 7) is 1.09. The van der Waals surface area contributed by atoms with E-state index < -0.39 is 15.9 Å². The van der Waals surface area contributed by atoms with Gasteiger partial charge in [-0.05, 0) is 55.3 Å². The summed E-state index contributed by atoms with van der Waals surface area (Å²) in [7, 11) is -3.52. The second-order valence-corrected chi connectivity index (χ2v) is 10.5. The number of anilines is 1. The maximum Gasteiger partial charge on any atom is 0.262 e. The monoisotopic (exact) mass is 480 g/mol. The van der Waals surface area contributed by atoms with Gasteiger partial charge in [-0.15, -0.1) is 0 Å². The van der Waals surface area contributed by atoms with E-state index in [1.54, 1.807) is 48.7 Å². The van der Waals surface area contributed by atoms with Crippen LogP contribution in [0.1, 0.15) is 23.2 Å². The van der Waals surface area contributed by atoms with E-state index in [0.717, 1.165) is 12.8 Å². The standard InChI is InChI=1S/C23H20N4O4S2/c28-21(18-9-6-12-24-22(18)31-16-7-2-1-3-8-16)26-23-25-19-11-10-17(15-20(19)32-23)33(29,30)27-13-4-5-14-27/h1-3,6-12,15H,4-5,13-14H2,(H,25,26,28). The van der Waals surface area contributed by atoms with E-state index in [1.807, 2.05) is 18.2 Å². The molecule has 2 aromatic carbocycles. The summed E-state index contributed by atoms with van der Waals surface area (Å²) in [5.41, 5.74) is 0.875. The molecule has 0 aliphatic carbocycles. The molecule has 5 rings (SSSR count). The summed E-state index contributed by atoms with van der Waals surface area (Å²) in [4.78, 5) is 21.8. The lowest BCUT2D eigenvalue weighted by atomic mass is 10.2. The van der Waals surface area contributed by atoms with Crippen molar-refractivity contribution in [3.05, 3.63) is 72.4 Å². The molecule has 168 valence electrons. The Hall–Kier alpha value is -3.34. The lowest BCUT2D eigenvalue weighted by molar-refractivity contribution is 0.102. The van der Waals surface area contributed by atoms with E-state index in [0.29, 0.717) is 34.2 Å². The number of carbonyl (C=O) groups excluding carboxylic acids is 1. The molecule has 0 unspecified atom stereocenters. The highest BCUT2D eigenvalue weighted by atomic mass is 32.2. The molecule has 1 amide bonds. The first-order valence-corrected chi connectivity index (χ1v) is 12.7. The number of thiazole rings is 1. The van der Waals surface area contributed by atoms with Gasteiger partial charge in [-0.1, -0.05) is 29.5 Å². The number of fused-ring (bicyclic) bond motifs is 1. The Morgan fingerprint density at radius 3 is 2.61 bits per heavy atom. The molecule has 8 nitrogen and oxygen atoms in total. The number of para-hydroxylation sites is 1. The highest BCUT2D eigenvalue weighted by Gasteiger charge is 2.27. The van der Waals surface area contributed by atoms with E-state index in [-0.39, 0.29) is 16.3 Å². The minimum Gasteiger partial charge on any atom is -0.438 e. The molecule has 1 fully saturated rings. The fraction of sp³-hybridized carbons (Fsp3) is 0.174. The van der Waals surface area contributed by atoms with Crippen molar-refractivity contribution in [1.82, 2.24) is 14.3 Å². The number of nitrogens with zero attached hydrogens (tertiary/aromatic N) is 3. The minimum absolute atomic E-state index is 0.182. The van der Waals surface area contributed by atoms with Gasteiger partial charge in [0, 0.05) is 19.3 Å². The molecule has 2 aromatic heterocycles. The van der Waals surface area contributed by atoms with E-state index in [2.05, 4.69) is 15.3 Å². The SMILES string of the molecule is O=C(Nc1nc2ccc(S(=O)(=O)N3CCCC3)cc2s1)c1cccnc1Oc1ccccc1. The number of benzene rings is 2. The van der Waals surface area contributed by atoms with E-state index in [4.69, 9.17) is 4.74 Å². The molecule has 1 N–H and O–H groups in total. The van der Waals surface area contributed by atoms with Crippen molar-refractivity contribution in [3.63, 3.8) is 0 Å². The number of rotatable bonds is 6. The van der Waals surface area contributed by atoms with Crippen molar-refractivity contribution in [2.75, 3.05) is 18.4 Å². The van der Waals surface area contributed by atoms with Crippen molar-refractivity contribution in [2.24, 2.45) is 0 Å². The van der Waals surface area contributed by atoms with Gasteiger partial charge in [0.25, 0.3) is 5.91 Å². The van der Waals surface area contributed by atoms with E-state index in [9.17, 15) is 13.2 Å². The number of carbonyl (C=O) groups is 1. The third-order valence-corrected chi connectivity index (χ3v) is 8.08. The lowest BCUT2D eigenvalue weighted by Gasteiger charge is -2.15. The van der Waals surface area contributed by atoms with Gasteiger partial charge in [0.05, 0.1) is 15.1 Å². The molecule has 3 heterocycles. The molecule has 0 atom stereocenters. The van der Waals surface area contributed by atoms with Crippen LogP contribution in [-0.2, 0) is 10.0 Å². The summed E-state index contributed by atoms with van der Waals surface area (Å²) in [5.74, 6) is 0.330. The van der Waals surface area contributed by atoms with Gasteiger partial charge in [0.1, 0.15) is 11.3 Å². The number of amides is 1. The van der Waals surface area contributed by atoms with Crippen LogP contribution in [-0.4, -0.2) is 41.7 Å². The lowest BCUT2D eigenvalue weighted by Crippen LogP contribution is -2.27. The van der Waals surface area contributed by atoms with Crippen LogP contribution in [0, 0.1) is 0 Å². The van der Waals surface area contributed by atoms with Crippen LogP contribution in [0.25, 0.3) is 10.2 Å². The molecule has 1 saturated heterocycles. The van der Waals surface area contributed by atoms with Crippen LogP contribution in [0.15, 0.2) is 71.8 Å². The quantitative estimate of drug-likeness (QED) is 0.435.